The number of aromatic nitrogens is 2. The second kappa shape index (κ2) is 12.6. The molecule has 12 heteroatoms. The minimum Gasteiger partial charge on any atom is -0.463 e. The van der Waals surface area contributed by atoms with Gasteiger partial charge in [-0.1, -0.05) is 12.6 Å². The summed E-state index contributed by atoms with van der Waals surface area (Å²) in [6, 6.07) is 5.92. The van der Waals surface area contributed by atoms with Gasteiger partial charge < -0.3 is 29.1 Å². The van der Waals surface area contributed by atoms with Crippen LogP contribution < -0.4 is 14.5 Å². The van der Waals surface area contributed by atoms with Gasteiger partial charge in [0.25, 0.3) is 0 Å². The molecule has 0 aliphatic carbocycles. The maximum absolute atomic E-state index is 14.8. The van der Waals surface area contributed by atoms with Gasteiger partial charge in [-0.3, -0.25) is 4.79 Å². The molecular formula is C30H37F2N7O3. The molecule has 3 aliphatic heterocycles. The second-order valence-corrected chi connectivity index (χ2v) is 11.6. The zero-order chi connectivity index (χ0) is 29.9. The first kappa shape index (κ1) is 29.7. The lowest BCUT2D eigenvalue weighted by Gasteiger charge is -2.42. The number of benzene rings is 1. The molecule has 42 heavy (non-hydrogen) atoms. The van der Waals surface area contributed by atoms with Gasteiger partial charge in [-0.25, -0.2) is 8.78 Å². The Labute approximate surface area is 245 Å². The Kier molecular flexibility index (Phi) is 8.89. The van der Waals surface area contributed by atoms with E-state index in [1.165, 1.54) is 24.3 Å². The summed E-state index contributed by atoms with van der Waals surface area (Å²) in [4.78, 5) is 29.7. The molecule has 4 heterocycles. The maximum Gasteiger partial charge on any atom is 0.318 e. The third-order valence-corrected chi connectivity index (χ3v) is 8.04. The fourth-order valence-electron chi connectivity index (χ4n) is 6.13. The van der Waals surface area contributed by atoms with Crippen LogP contribution in [0.25, 0.3) is 0 Å². The number of nitriles is 1. The smallest absolute Gasteiger partial charge is 0.318 e. The van der Waals surface area contributed by atoms with Gasteiger partial charge in [0, 0.05) is 38.3 Å². The minimum atomic E-state index is -0.623. The van der Waals surface area contributed by atoms with E-state index < -0.39 is 11.6 Å². The van der Waals surface area contributed by atoms with E-state index in [1.807, 2.05) is 14.1 Å². The zero-order valence-electron chi connectivity index (χ0n) is 24.2. The molecule has 0 N–H and O–H groups in total. The largest absolute Gasteiger partial charge is 0.463 e. The number of amides is 1. The van der Waals surface area contributed by atoms with Crippen LogP contribution in [-0.2, 0) is 22.5 Å². The molecule has 0 saturated carbocycles. The number of fused-ring (bicyclic) bond motifs is 1. The summed E-state index contributed by atoms with van der Waals surface area (Å²) in [5.41, 5.74) is 1.27. The van der Waals surface area contributed by atoms with Crippen molar-refractivity contribution in [3.63, 3.8) is 0 Å². The first-order chi connectivity index (χ1) is 20.2. The first-order valence-corrected chi connectivity index (χ1v) is 14.2. The van der Waals surface area contributed by atoms with Crippen molar-refractivity contribution in [1.82, 2.24) is 19.8 Å². The monoisotopic (exact) mass is 581 g/mol. The number of ether oxygens (including phenoxy) is 2. The van der Waals surface area contributed by atoms with E-state index in [9.17, 15) is 18.8 Å². The standard InChI is InChI=1S/C30H37F2N7O3/c1-4-26(40)39-14-13-38(15-21(39)10-11-33)28-22-7-6-12-37(27-23(31)8-5-9-24(27)32)16-25(22)34-29(35-28)42-20-30(17-36(2)3)18-41-19-30/h4-5,8-9,21H,1,6-7,10,12-20H2,2-3H3/t21-/m0/s1. The van der Waals surface area contributed by atoms with Crippen molar-refractivity contribution in [1.29, 1.82) is 5.26 Å². The molecule has 2 fully saturated rings. The minimum absolute atomic E-state index is 0.0739. The fraction of sp³-hybridized carbons (Fsp3) is 0.533. The Morgan fingerprint density at radius 3 is 2.64 bits per heavy atom. The summed E-state index contributed by atoms with van der Waals surface area (Å²) < 4.78 is 41.4. The summed E-state index contributed by atoms with van der Waals surface area (Å²) in [6.45, 7) is 7.80. The van der Waals surface area contributed by atoms with Gasteiger partial charge in [-0.2, -0.15) is 15.2 Å². The van der Waals surface area contributed by atoms with Gasteiger partial charge in [0.1, 0.15) is 29.7 Å². The number of hydrogen-bond acceptors (Lipinski definition) is 9. The highest BCUT2D eigenvalue weighted by Gasteiger charge is 2.41. The molecule has 0 spiro atoms. The Hall–Kier alpha value is -3.82. The molecule has 10 nitrogen and oxygen atoms in total. The summed E-state index contributed by atoms with van der Waals surface area (Å²) >= 11 is 0. The van der Waals surface area contributed by atoms with Crippen LogP contribution in [0.1, 0.15) is 24.1 Å². The lowest BCUT2D eigenvalue weighted by atomic mass is 9.86. The second-order valence-electron chi connectivity index (χ2n) is 11.6. The van der Waals surface area contributed by atoms with Crippen molar-refractivity contribution in [2.45, 2.75) is 31.8 Å². The van der Waals surface area contributed by atoms with Crippen LogP contribution in [0.4, 0.5) is 20.3 Å². The maximum atomic E-state index is 14.8. The van der Waals surface area contributed by atoms with Crippen molar-refractivity contribution in [2.75, 3.05) is 76.4 Å². The van der Waals surface area contributed by atoms with Gasteiger partial charge in [-0.05, 0) is 45.1 Å². The molecule has 1 aromatic heterocycles. The van der Waals surface area contributed by atoms with Gasteiger partial charge in [0.05, 0.1) is 49.4 Å². The third-order valence-electron chi connectivity index (χ3n) is 8.04. The van der Waals surface area contributed by atoms with E-state index in [1.54, 1.807) is 9.80 Å². The molecule has 224 valence electrons. The highest BCUT2D eigenvalue weighted by molar-refractivity contribution is 5.87. The zero-order valence-corrected chi connectivity index (χ0v) is 24.2. The Morgan fingerprint density at radius 2 is 2.00 bits per heavy atom. The Balaban J connectivity index is 1.50. The van der Waals surface area contributed by atoms with Crippen LogP contribution in [0.2, 0.25) is 0 Å². The highest BCUT2D eigenvalue weighted by Crippen LogP contribution is 2.34. The van der Waals surface area contributed by atoms with E-state index in [4.69, 9.17) is 19.4 Å². The molecule has 0 bridgehead atoms. The summed E-state index contributed by atoms with van der Waals surface area (Å²) in [5.74, 6) is -0.785. The van der Waals surface area contributed by atoms with E-state index in [2.05, 4.69) is 22.4 Å². The topological polar surface area (TPSA) is 98.1 Å². The van der Waals surface area contributed by atoms with Crippen molar-refractivity contribution in [2.24, 2.45) is 5.41 Å². The van der Waals surface area contributed by atoms with E-state index in [0.29, 0.717) is 70.4 Å². The number of piperazine rings is 1. The normalized spacial score (nSPS) is 19.9. The number of carbonyl (C=O) groups is 1. The van der Waals surface area contributed by atoms with Gasteiger partial charge >= 0.3 is 6.01 Å². The molecule has 3 aliphatic rings. The van der Waals surface area contributed by atoms with Crippen molar-refractivity contribution in [3.05, 3.63) is 53.7 Å². The summed E-state index contributed by atoms with van der Waals surface area (Å²) in [5, 5.41) is 9.48. The molecule has 0 unspecified atom stereocenters. The van der Waals surface area contributed by atoms with Crippen molar-refractivity contribution < 1.29 is 23.0 Å². The Morgan fingerprint density at radius 1 is 1.24 bits per heavy atom. The average molecular weight is 582 g/mol. The lowest BCUT2D eigenvalue weighted by molar-refractivity contribution is -0.140. The highest BCUT2D eigenvalue weighted by atomic mass is 19.1. The number of rotatable bonds is 9. The lowest BCUT2D eigenvalue weighted by Crippen LogP contribution is -2.55. The van der Waals surface area contributed by atoms with Crippen LogP contribution in [0, 0.1) is 28.4 Å². The molecule has 5 rings (SSSR count). The number of nitrogens with zero attached hydrogens (tertiary/aromatic N) is 7. The number of carbonyl (C=O) groups excluding carboxylic acids is 1. The SMILES string of the molecule is C=CC(=O)N1CCN(c2nc(OCC3(CN(C)C)COC3)nc3c2CCCN(c2c(F)cccc2F)C3)C[C@@H]1CC#N. The predicted octanol–water partition coefficient (Wildman–Crippen LogP) is 2.78. The van der Waals surface area contributed by atoms with E-state index in [0.717, 1.165) is 12.1 Å². The molecule has 1 amide bonds. The quantitative estimate of drug-likeness (QED) is 0.414. The number of anilines is 2. The van der Waals surface area contributed by atoms with Gasteiger partial charge in [-0.15, -0.1) is 0 Å². The van der Waals surface area contributed by atoms with Gasteiger partial charge in [0.2, 0.25) is 5.91 Å². The fourth-order valence-corrected chi connectivity index (χ4v) is 6.13. The summed E-state index contributed by atoms with van der Waals surface area (Å²) in [6.07, 6.45) is 2.68. The first-order valence-electron chi connectivity index (χ1n) is 14.2. The van der Waals surface area contributed by atoms with Gasteiger partial charge in [0.15, 0.2) is 0 Å². The van der Waals surface area contributed by atoms with E-state index in [-0.39, 0.29) is 42.0 Å². The third kappa shape index (κ3) is 6.17. The van der Waals surface area contributed by atoms with Crippen LogP contribution >= 0.6 is 0 Å². The molecule has 1 aromatic carbocycles. The van der Waals surface area contributed by atoms with E-state index >= 15 is 0 Å². The molecule has 2 saturated heterocycles. The molecular weight excluding hydrogens is 544 g/mol. The average Bonchev–Trinajstić information content (AvgIpc) is 3.16. The van der Waals surface area contributed by atoms with Crippen LogP contribution in [0.5, 0.6) is 6.01 Å². The Bertz CT molecular complexity index is 1340. The molecule has 0 radical (unpaired) electrons. The van der Waals surface area contributed by atoms with Crippen molar-refractivity contribution >= 4 is 17.4 Å². The molecule has 1 atom stereocenters. The predicted molar refractivity (Wildman–Crippen MR) is 153 cm³/mol. The number of halogens is 2. The van der Waals surface area contributed by atoms with Crippen LogP contribution in [-0.4, -0.2) is 98.4 Å². The molecule has 2 aromatic rings. The number of para-hydroxylation sites is 1. The van der Waals surface area contributed by atoms with Crippen molar-refractivity contribution in [3.8, 4) is 12.1 Å². The van der Waals surface area contributed by atoms with Crippen LogP contribution in [0.15, 0.2) is 30.9 Å². The number of hydrogen-bond donors (Lipinski definition) is 0. The summed E-state index contributed by atoms with van der Waals surface area (Å²) in [7, 11) is 4.00. The van der Waals surface area contributed by atoms with Crippen LogP contribution in [0.3, 0.4) is 0 Å².